The average molecular weight is 343 g/mol. The zero-order valence-corrected chi connectivity index (χ0v) is 14.1. The Balaban J connectivity index is 1.95. The van der Waals surface area contributed by atoms with Gasteiger partial charge in [-0.1, -0.05) is 18.2 Å². The van der Waals surface area contributed by atoms with Gasteiger partial charge in [0.15, 0.2) is 0 Å². The smallest absolute Gasteiger partial charge is 0.272 e. The monoisotopic (exact) mass is 343 g/mol. The van der Waals surface area contributed by atoms with Gasteiger partial charge in [-0.2, -0.15) is 0 Å². The molecule has 3 aromatic rings. The Morgan fingerprint density at radius 2 is 1.88 bits per heavy atom. The molecule has 0 atom stereocenters. The summed E-state index contributed by atoms with van der Waals surface area (Å²) < 4.78 is 24.6. The topological polar surface area (TPSA) is 94.2 Å². The fourth-order valence-electron chi connectivity index (χ4n) is 2.60. The van der Waals surface area contributed by atoms with E-state index >= 15 is 0 Å². The van der Waals surface area contributed by atoms with Crippen LogP contribution in [0.3, 0.4) is 0 Å². The molecule has 7 heteroatoms. The molecule has 0 saturated carbocycles. The first kappa shape index (κ1) is 16.2. The van der Waals surface area contributed by atoms with E-state index in [-0.39, 0.29) is 10.8 Å². The number of carbonyl (C=O) groups is 1. The number of nitrogens with one attached hydrogen (secondary N) is 1. The summed E-state index contributed by atoms with van der Waals surface area (Å²) in [6, 6.07) is 13.6. The van der Waals surface area contributed by atoms with Gasteiger partial charge in [0.25, 0.3) is 5.91 Å². The average Bonchev–Trinajstić information content (AvgIpc) is 2.84. The van der Waals surface area contributed by atoms with Crippen LogP contribution in [-0.4, -0.2) is 18.9 Å². The number of primary sulfonamides is 1. The molecule has 0 aliphatic heterocycles. The zero-order chi connectivity index (χ0) is 17.5. The van der Waals surface area contributed by atoms with Crippen molar-refractivity contribution in [1.82, 2.24) is 4.57 Å². The van der Waals surface area contributed by atoms with Gasteiger partial charge in [-0.15, -0.1) is 0 Å². The lowest BCUT2D eigenvalue weighted by Gasteiger charge is -2.08. The standard InChI is InChI=1S/C17H17N3O3S/c1-11-6-7-12-9-16(20(2)15(12)8-11)17(21)19-13-4-3-5-14(10-13)24(18,22)23/h3-10H,1-2H3,(H,19,21)(H2,18,22,23). The van der Waals surface area contributed by atoms with Crippen molar-refractivity contribution in [3.05, 3.63) is 59.8 Å². The number of aromatic nitrogens is 1. The number of anilines is 1. The highest BCUT2D eigenvalue weighted by Crippen LogP contribution is 2.21. The van der Waals surface area contributed by atoms with E-state index in [9.17, 15) is 13.2 Å². The van der Waals surface area contributed by atoms with Gasteiger partial charge in [0.1, 0.15) is 5.69 Å². The lowest BCUT2D eigenvalue weighted by molar-refractivity contribution is 0.101. The molecule has 3 N–H and O–H groups in total. The first-order valence-corrected chi connectivity index (χ1v) is 8.80. The van der Waals surface area contributed by atoms with Gasteiger partial charge in [0.05, 0.1) is 4.90 Å². The number of nitrogens with zero attached hydrogens (tertiary/aromatic N) is 1. The molecule has 1 amide bonds. The van der Waals surface area contributed by atoms with Crippen molar-refractivity contribution in [3.63, 3.8) is 0 Å². The van der Waals surface area contributed by atoms with Gasteiger partial charge in [0, 0.05) is 23.6 Å². The Morgan fingerprint density at radius 3 is 2.58 bits per heavy atom. The summed E-state index contributed by atoms with van der Waals surface area (Å²) in [4.78, 5) is 12.5. The van der Waals surface area contributed by atoms with Crippen molar-refractivity contribution in [2.45, 2.75) is 11.8 Å². The normalized spacial score (nSPS) is 11.6. The molecule has 1 aromatic heterocycles. The maximum absolute atomic E-state index is 12.5. The molecule has 124 valence electrons. The highest BCUT2D eigenvalue weighted by Gasteiger charge is 2.15. The summed E-state index contributed by atoms with van der Waals surface area (Å²) >= 11 is 0. The summed E-state index contributed by atoms with van der Waals surface area (Å²) in [7, 11) is -2.00. The number of sulfonamides is 1. The van der Waals surface area contributed by atoms with Crippen molar-refractivity contribution in [1.29, 1.82) is 0 Å². The number of fused-ring (bicyclic) bond motifs is 1. The molecule has 3 rings (SSSR count). The van der Waals surface area contributed by atoms with Gasteiger partial charge in [0.2, 0.25) is 10.0 Å². The molecule has 24 heavy (non-hydrogen) atoms. The van der Waals surface area contributed by atoms with Crippen LogP contribution in [0.5, 0.6) is 0 Å². The number of hydrogen-bond acceptors (Lipinski definition) is 3. The van der Waals surface area contributed by atoms with Gasteiger partial charge in [-0.05, 0) is 42.8 Å². The Kier molecular flexibility index (Phi) is 3.90. The van der Waals surface area contributed by atoms with Crippen LogP contribution in [0.2, 0.25) is 0 Å². The van der Waals surface area contributed by atoms with Crippen LogP contribution in [0.25, 0.3) is 10.9 Å². The molecule has 0 aliphatic rings. The minimum atomic E-state index is -3.82. The highest BCUT2D eigenvalue weighted by atomic mass is 32.2. The van der Waals surface area contributed by atoms with Gasteiger partial charge in [-0.3, -0.25) is 4.79 Å². The van der Waals surface area contributed by atoms with E-state index < -0.39 is 10.0 Å². The predicted octanol–water partition coefficient (Wildman–Crippen LogP) is 2.39. The van der Waals surface area contributed by atoms with Crippen molar-refractivity contribution in [2.24, 2.45) is 12.2 Å². The predicted molar refractivity (Wildman–Crippen MR) is 93.4 cm³/mol. The molecule has 2 aromatic carbocycles. The zero-order valence-electron chi connectivity index (χ0n) is 13.3. The lowest BCUT2D eigenvalue weighted by Crippen LogP contribution is -2.16. The quantitative estimate of drug-likeness (QED) is 0.764. The molecular formula is C17H17N3O3S. The molecule has 1 heterocycles. The summed E-state index contributed by atoms with van der Waals surface area (Å²) in [5.41, 5.74) is 2.92. The van der Waals surface area contributed by atoms with E-state index in [1.165, 1.54) is 18.2 Å². The van der Waals surface area contributed by atoms with Crippen LogP contribution in [0.4, 0.5) is 5.69 Å². The van der Waals surface area contributed by atoms with E-state index in [0.717, 1.165) is 16.5 Å². The van der Waals surface area contributed by atoms with E-state index in [4.69, 9.17) is 5.14 Å². The van der Waals surface area contributed by atoms with Crippen molar-refractivity contribution < 1.29 is 13.2 Å². The van der Waals surface area contributed by atoms with Crippen LogP contribution >= 0.6 is 0 Å². The molecule has 0 aliphatic carbocycles. The number of nitrogens with two attached hydrogens (primary N) is 1. The Labute approximate surface area is 139 Å². The molecule has 6 nitrogen and oxygen atoms in total. The molecule has 0 fully saturated rings. The molecule has 0 spiro atoms. The Hall–Kier alpha value is -2.64. The Morgan fingerprint density at radius 1 is 1.12 bits per heavy atom. The first-order valence-electron chi connectivity index (χ1n) is 7.26. The van der Waals surface area contributed by atoms with Crippen LogP contribution in [-0.2, 0) is 17.1 Å². The van der Waals surface area contributed by atoms with Crippen molar-refractivity contribution >= 4 is 32.5 Å². The summed E-state index contributed by atoms with van der Waals surface area (Å²) in [6.45, 7) is 1.99. The lowest BCUT2D eigenvalue weighted by atomic mass is 10.2. The maximum atomic E-state index is 12.5. The summed E-state index contributed by atoms with van der Waals surface area (Å²) in [6.07, 6.45) is 0. The number of aryl methyl sites for hydroxylation is 2. The molecule has 0 bridgehead atoms. The van der Waals surface area contributed by atoms with E-state index in [1.54, 1.807) is 16.7 Å². The number of amides is 1. The number of carbonyl (C=O) groups excluding carboxylic acids is 1. The highest BCUT2D eigenvalue weighted by molar-refractivity contribution is 7.89. The van der Waals surface area contributed by atoms with E-state index in [0.29, 0.717) is 11.4 Å². The number of benzene rings is 2. The van der Waals surface area contributed by atoms with Crippen LogP contribution in [0, 0.1) is 6.92 Å². The third kappa shape index (κ3) is 3.04. The number of rotatable bonds is 3. The van der Waals surface area contributed by atoms with E-state index in [1.807, 2.05) is 32.2 Å². The summed E-state index contributed by atoms with van der Waals surface area (Å²) in [5.74, 6) is -0.321. The largest absolute Gasteiger partial charge is 0.340 e. The summed E-state index contributed by atoms with van der Waals surface area (Å²) in [5, 5.41) is 8.78. The van der Waals surface area contributed by atoms with Gasteiger partial charge >= 0.3 is 0 Å². The second kappa shape index (κ2) is 5.77. The van der Waals surface area contributed by atoms with E-state index in [2.05, 4.69) is 5.32 Å². The van der Waals surface area contributed by atoms with Crippen molar-refractivity contribution in [2.75, 3.05) is 5.32 Å². The molecular weight excluding hydrogens is 326 g/mol. The SMILES string of the molecule is Cc1ccc2cc(C(=O)Nc3cccc(S(N)(=O)=O)c3)n(C)c2c1. The van der Waals surface area contributed by atoms with Gasteiger partial charge in [-0.25, -0.2) is 13.6 Å². The molecule has 0 saturated heterocycles. The minimum absolute atomic E-state index is 0.0482. The Bertz CT molecular complexity index is 1050. The number of hydrogen-bond donors (Lipinski definition) is 2. The second-order valence-corrected chi connectivity index (χ2v) is 7.24. The van der Waals surface area contributed by atoms with Crippen LogP contribution in [0.15, 0.2) is 53.4 Å². The first-order chi connectivity index (χ1) is 11.3. The fourth-order valence-corrected chi connectivity index (χ4v) is 3.16. The third-order valence-corrected chi connectivity index (χ3v) is 4.76. The van der Waals surface area contributed by atoms with Gasteiger partial charge < -0.3 is 9.88 Å². The van der Waals surface area contributed by atoms with Crippen LogP contribution in [0.1, 0.15) is 16.1 Å². The third-order valence-electron chi connectivity index (χ3n) is 3.85. The minimum Gasteiger partial charge on any atom is -0.340 e. The second-order valence-electron chi connectivity index (χ2n) is 5.68. The molecule has 0 radical (unpaired) electrons. The van der Waals surface area contributed by atoms with Crippen LogP contribution < -0.4 is 10.5 Å². The maximum Gasteiger partial charge on any atom is 0.272 e. The molecule has 0 unspecified atom stereocenters. The fraction of sp³-hybridized carbons (Fsp3) is 0.118. The van der Waals surface area contributed by atoms with Crippen molar-refractivity contribution in [3.8, 4) is 0 Å².